The molecule has 16 heavy (non-hydrogen) atoms. The number of carbonyl (C=O) groups is 1. The first-order chi connectivity index (χ1) is 7.33. The third-order valence-corrected chi connectivity index (χ3v) is 1.74. The number of hydrogen-bond donors (Lipinski definition) is 1. The lowest BCUT2D eigenvalue weighted by Crippen LogP contribution is -2.24. The fourth-order valence-electron chi connectivity index (χ4n) is 1.07. The molecule has 0 bridgehead atoms. The molecule has 0 aliphatic carbocycles. The van der Waals surface area contributed by atoms with Crippen LogP contribution in [0.5, 0.6) is 5.88 Å². The van der Waals surface area contributed by atoms with Crippen LogP contribution in [0.2, 0.25) is 0 Å². The first-order valence-corrected chi connectivity index (χ1v) is 4.86. The van der Waals surface area contributed by atoms with Gasteiger partial charge in [-0.05, 0) is 20.8 Å². The summed E-state index contributed by atoms with van der Waals surface area (Å²) in [6.07, 6.45) is 1.37. The third kappa shape index (κ3) is 3.12. The number of nitrogen functional groups attached to an aromatic ring is 1. The Morgan fingerprint density at radius 2 is 2.06 bits per heavy atom. The fourth-order valence-corrected chi connectivity index (χ4v) is 1.07. The fraction of sp³-hybridized carbons (Fsp3) is 0.455. The Bertz CT molecular complexity index is 397. The number of nitrogens with zero attached hydrogens (tertiary/aromatic N) is 1. The number of aromatic nitrogens is 1. The van der Waals surface area contributed by atoms with E-state index in [0.29, 0.717) is 5.88 Å². The van der Waals surface area contributed by atoms with Crippen LogP contribution in [0.4, 0.5) is 5.69 Å². The van der Waals surface area contributed by atoms with E-state index in [-0.39, 0.29) is 11.3 Å². The zero-order chi connectivity index (χ0) is 12.3. The van der Waals surface area contributed by atoms with E-state index in [2.05, 4.69) is 4.98 Å². The van der Waals surface area contributed by atoms with Gasteiger partial charge < -0.3 is 15.2 Å². The molecule has 0 aromatic carbocycles. The second-order valence-corrected chi connectivity index (χ2v) is 4.32. The van der Waals surface area contributed by atoms with Crippen LogP contribution in [-0.2, 0) is 4.74 Å². The molecule has 0 aliphatic heterocycles. The molecular formula is C11H16N2O3. The summed E-state index contributed by atoms with van der Waals surface area (Å²) in [6.45, 7) is 5.37. The number of carbonyl (C=O) groups excluding carboxylic acids is 1. The lowest BCUT2D eigenvalue weighted by molar-refractivity contribution is 0.00703. The van der Waals surface area contributed by atoms with Crippen LogP contribution >= 0.6 is 0 Å². The Morgan fingerprint density at radius 3 is 2.56 bits per heavy atom. The molecule has 0 atom stereocenters. The van der Waals surface area contributed by atoms with Gasteiger partial charge in [-0.15, -0.1) is 0 Å². The van der Waals surface area contributed by atoms with Gasteiger partial charge in [0.1, 0.15) is 5.60 Å². The van der Waals surface area contributed by atoms with E-state index >= 15 is 0 Å². The SMILES string of the molecule is COc1cc(C(=O)OC(C)(C)C)c(N)cn1. The molecule has 5 nitrogen and oxygen atoms in total. The van der Waals surface area contributed by atoms with E-state index in [1.54, 1.807) is 20.8 Å². The van der Waals surface area contributed by atoms with Gasteiger partial charge in [0.05, 0.1) is 24.6 Å². The Kier molecular flexibility index (Phi) is 3.37. The van der Waals surface area contributed by atoms with E-state index in [4.69, 9.17) is 15.2 Å². The first kappa shape index (κ1) is 12.3. The van der Waals surface area contributed by atoms with Gasteiger partial charge in [-0.25, -0.2) is 9.78 Å². The van der Waals surface area contributed by atoms with Crippen molar-refractivity contribution in [1.29, 1.82) is 0 Å². The van der Waals surface area contributed by atoms with Crippen molar-refractivity contribution >= 4 is 11.7 Å². The Balaban J connectivity index is 2.98. The zero-order valence-electron chi connectivity index (χ0n) is 9.90. The zero-order valence-corrected chi connectivity index (χ0v) is 9.90. The third-order valence-electron chi connectivity index (χ3n) is 1.74. The molecule has 0 saturated carbocycles. The van der Waals surface area contributed by atoms with Gasteiger partial charge in [-0.1, -0.05) is 0 Å². The lowest BCUT2D eigenvalue weighted by Gasteiger charge is -2.20. The van der Waals surface area contributed by atoms with E-state index in [1.807, 2.05) is 0 Å². The maximum absolute atomic E-state index is 11.8. The number of nitrogens with two attached hydrogens (primary N) is 1. The van der Waals surface area contributed by atoms with Crippen LogP contribution in [0.3, 0.4) is 0 Å². The van der Waals surface area contributed by atoms with Crippen molar-refractivity contribution in [2.45, 2.75) is 26.4 Å². The summed E-state index contributed by atoms with van der Waals surface area (Å²) >= 11 is 0. The van der Waals surface area contributed by atoms with Crippen LogP contribution in [0.1, 0.15) is 31.1 Å². The highest BCUT2D eigenvalue weighted by Gasteiger charge is 2.20. The van der Waals surface area contributed by atoms with Crippen LogP contribution in [0.25, 0.3) is 0 Å². The van der Waals surface area contributed by atoms with E-state index < -0.39 is 11.6 Å². The van der Waals surface area contributed by atoms with E-state index in [1.165, 1.54) is 19.4 Å². The van der Waals surface area contributed by atoms with Crippen molar-refractivity contribution in [2.24, 2.45) is 0 Å². The van der Waals surface area contributed by atoms with E-state index in [0.717, 1.165) is 0 Å². The number of pyridine rings is 1. The minimum Gasteiger partial charge on any atom is -0.481 e. The van der Waals surface area contributed by atoms with Gasteiger partial charge in [0.15, 0.2) is 0 Å². The van der Waals surface area contributed by atoms with Gasteiger partial charge in [0.25, 0.3) is 0 Å². The van der Waals surface area contributed by atoms with Crippen molar-refractivity contribution in [2.75, 3.05) is 12.8 Å². The molecule has 0 spiro atoms. The minimum absolute atomic E-state index is 0.266. The summed E-state index contributed by atoms with van der Waals surface area (Å²) in [5.74, 6) is -0.152. The Labute approximate surface area is 94.6 Å². The summed E-state index contributed by atoms with van der Waals surface area (Å²) in [4.78, 5) is 15.6. The minimum atomic E-state index is -0.556. The molecule has 0 radical (unpaired) electrons. The average molecular weight is 224 g/mol. The molecule has 0 saturated heterocycles. The highest BCUT2D eigenvalue weighted by atomic mass is 16.6. The smallest absolute Gasteiger partial charge is 0.341 e. The predicted molar refractivity (Wildman–Crippen MR) is 60.4 cm³/mol. The summed E-state index contributed by atoms with van der Waals surface area (Å²) in [5, 5.41) is 0. The number of ether oxygens (including phenoxy) is 2. The highest BCUT2D eigenvalue weighted by Crippen LogP contribution is 2.19. The largest absolute Gasteiger partial charge is 0.481 e. The maximum Gasteiger partial charge on any atom is 0.341 e. The van der Waals surface area contributed by atoms with Gasteiger partial charge in [0, 0.05) is 6.07 Å². The van der Waals surface area contributed by atoms with Crippen molar-refractivity contribution in [3.63, 3.8) is 0 Å². The van der Waals surface area contributed by atoms with Crippen LogP contribution in [0.15, 0.2) is 12.3 Å². The van der Waals surface area contributed by atoms with Gasteiger partial charge >= 0.3 is 5.97 Å². The molecule has 88 valence electrons. The molecule has 1 heterocycles. The van der Waals surface area contributed by atoms with Crippen LogP contribution in [-0.4, -0.2) is 23.7 Å². The van der Waals surface area contributed by atoms with Gasteiger partial charge in [-0.2, -0.15) is 0 Å². The Morgan fingerprint density at radius 1 is 1.44 bits per heavy atom. The average Bonchev–Trinajstić information content (AvgIpc) is 2.15. The highest BCUT2D eigenvalue weighted by molar-refractivity contribution is 5.95. The summed E-state index contributed by atoms with van der Waals surface area (Å²) in [7, 11) is 1.47. The number of anilines is 1. The molecule has 2 N–H and O–H groups in total. The molecular weight excluding hydrogens is 208 g/mol. The normalized spacial score (nSPS) is 11.0. The standard InChI is InChI=1S/C11H16N2O3/c1-11(2,3)16-10(14)7-5-9(15-4)13-6-8(7)12/h5-6H,12H2,1-4H3. The molecule has 1 rings (SSSR count). The number of esters is 1. The Hall–Kier alpha value is -1.78. The second kappa shape index (κ2) is 4.38. The summed E-state index contributed by atoms with van der Waals surface area (Å²) in [5.41, 5.74) is 5.63. The predicted octanol–water partition coefficient (Wildman–Crippen LogP) is 1.63. The summed E-state index contributed by atoms with van der Waals surface area (Å²) in [6, 6.07) is 1.46. The second-order valence-electron chi connectivity index (χ2n) is 4.32. The quantitative estimate of drug-likeness (QED) is 0.773. The van der Waals surface area contributed by atoms with Crippen molar-refractivity contribution < 1.29 is 14.3 Å². The monoisotopic (exact) mass is 224 g/mol. The first-order valence-electron chi connectivity index (χ1n) is 4.86. The molecule has 0 aliphatic rings. The maximum atomic E-state index is 11.8. The number of hydrogen-bond acceptors (Lipinski definition) is 5. The van der Waals surface area contributed by atoms with E-state index in [9.17, 15) is 4.79 Å². The van der Waals surface area contributed by atoms with Crippen molar-refractivity contribution in [1.82, 2.24) is 4.98 Å². The number of rotatable bonds is 2. The lowest BCUT2D eigenvalue weighted by atomic mass is 10.1. The molecule has 0 amide bonds. The molecule has 1 aromatic rings. The summed E-state index contributed by atoms with van der Waals surface area (Å²) < 4.78 is 10.1. The van der Waals surface area contributed by atoms with Crippen molar-refractivity contribution in [3.05, 3.63) is 17.8 Å². The van der Waals surface area contributed by atoms with Gasteiger partial charge in [-0.3, -0.25) is 0 Å². The number of methoxy groups -OCH3 is 1. The van der Waals surface area contributed by atoms with Crippen LogP contribution < -0.4 is 10.5 Å². The van der Waals surface area contributed by atoms with Gasteiger partial charge in [0.2, 0.25) is 5.88 Å². The van der Waals surface area contributed by atoms with Crippen molar-refractivity contribution in [3.8, 4) is 5.88 Å². The molecule has 0 unspecified atom stereocenters. The molecule has 1 aromatic heterocycles. The molecule has 0 fully saturated rings. The topological polar surface area (TPSA) is 74.4 Å². The van der Waals surface area contributed by atoms with Crippen LogP contribution in [0, 0.1) is 0 Å². The molecule has 5 heteroatoms.